The van der Waals surface area contributed by atoms with Gasteiger partial charge >= 0.3 is 21.3 Å². The van der Waals surface area contributed by atoms with Crippen molar-refractivity contribution in [2.24, 2.45) is 11.8 Å². The van der Waals surface area contributed by atoms with Crippen LogP contribution in [-0.2, 0) is 36.7 Å². The molecule has 0 bridgehead atoms. The van der Waals surface area contributed by atoms with Gasteiger partial charge in [0.05, 0.1) is 31.7 Å². The number of anilines is 2. The smallest absolute Gasteiger partial charge is 0.383 e. The minimum atomic E-state index is -4.80. The monoisotopic (exact) mass is 688 g/mol. The van der Waals surface area contributed by atoms with Crippen molar-refractivity contribution in [3.63, 3.8) is 0 Å². The molecular formula is C25H38N8O11P2. The van der Waals surface area contributed by atoms with Crippen molar-refractivity contribution in [3.8, 4) is 0 Å². The van der Waals surface area contributed by atoms with E-state index in [1.54, 1.807) is 24.7 Å². The van der Waals surface area contributed by atoms with E-state index in [9.17, 15) is 23.7 Å². The highest BCUT2D eigenvalue weighted by molar-refractivity contribution is 7.47. The fraction of sp³-hybridized carbons (Fsp3) is 0.640. The zero-order valence-electron chi connectivity index (χ0n) is 25.6. The highest BCUT2D eigenvalue weighted by Crippen LogP contribution is 2.51. The molecule has 254 valence electrons. The van der Waals surface area contributed by atoms with Gasteiger partial charge in [-0.25, -0.2) is 28.9 Å². The molecule has 6 N–H and O–H groups in total. The number of hydrogen-bond acceptors (Lipinski definition) is 15. The molecule has 5 rings (SSSR count). The molecule has 2 unspecified atom stereocenters. The lowest BCUT2D eigenvalue weighted by molar-refractivity contribution is -0.0537. The molecule has 0 aliphatic carbocycles. The molecule has 46 heavy (non-hydrogen) atoms. The predicted octanol–water partition coefficient (Wildman–Crippen LogP) is 2.14. The number of phosphoric acid groups is 2. The van der Waals surface area contributed by atoms with Gasteiger partial charge in [0.1, 0.15) is 42.3 Å². The Balaban J connectivity index is 1.28. The van der Waals surface area contributed by atoms with E-state index in [1.807, 2.05) is 13.8 Å². The Labute approximate surface area is 263 Å². The maximum absolute atomic E-state index is 13.3. The molecule has 2 aliphatic rings. The Hall–Kier alpha value is -2.83. The third kappa shape index (κ3) is 7.99. The number of imidazole rings is 1. The summed E-state index contributed by atoms with van der Waals surface area (Å²) in [5.41, 5.74) is 11.7. The molecule has 3 aromatic rings. The highest BCUT2D eigenvalue weighted by atomic mass is 31.2. The Morgan fingerprint density at radius 2 is 1.65 bits per heavy atom. The number of phosphoric ester groups is 2. The van der Waals surface area contributed by atoms with Crippen molar-refractivity contribution in [3.05, 3.63) is 35.4 Å². The topological polar surface area (TPSA) is 261 Å². The van der Waals surface area contributed by atoms with Crippen molar-refractivity contribution in [2.45, 2.75) is 77.4 Å². The molecule has 5 heterocycles. The van der Waals surface area contributed by atoms with Crippen molar-refractivity contribution < 1.29 is 46.5 Å². The van der Waals surface area contributed by atoms with Crippen LogP contribution in [0.3, 0.4) is 0 Å². The maximum Gasteiger partial charge on any atom is 0.472 e. The second-order valence-electron chi connectivity index (χ2n) is 11.6. The highest BCUT2D eigenvalue weighted by Gasteiger charge is 2.45. The number of rotatable bonds is 13. The Morgan fingerprint density at radius 3 is 2.35 bits per heavy atom. The lowest BCUT2D eigenvalue weighted by atomic mass is 9.89. The van der Waals surface area contributed by atoms with Crippen LogP contribution >= 0.6 is 15.6 Å². The van der Waals surface area contributed by atoms with Gasteiger partial charge in [-0.1, -0.05) is 13.8 Å². The Kier molecular flexibility index (Phi) is 10.3. The van der Waals surface area contributed by atoms with Crippen LogP contribution in [0.25, 0.3) is 11.2 Å². The molecule has 21 heteroatoms. The van der Waals surface area contributed by atoms with Gasteiger partial charge in [-0.2, -0.15) is 4.98 Å². The maximum atomic E-state index is 13.3. The summed E-state index contributed by atoms with van der Waals surface area (Å²) in [7, 11) is -9.31. The first-order valence-electron chi connectivity index (χ1n) is 14.5. The first-order valence-corrected chi connectivity index (χ1v) is 17.5. The fourth-order valence-corrected chi connectivity index (χ4v) is 7.37. The molecule has 0 amide bonds. The van der Waals surface area contributed by atoms with E-state index in [4.69, 9.17) is 39.0 Å². The first kappa shape index (κ1) is 34.5. The summed E-state index contributed by atoms with van der Waals surface area (Å²) >= 11 is 0. The molecule has 2 saturated heterocycles. The molecular weight excluding hydrogens is 650 g/mol. The minimum Gasteiger partial charge on any atom is -0.383 e. The Bertz CT molecular complexity index is 1690. The fourth-order valence-electron chi connectivity index (χ4n) is 5.48. The van der Waals surface area contributed by atoms with Crippen LogP contribution in [0.15, 0.2) is 29.7 Å². The number of aromatic nitrogens is 6. The summed E-state index contributed by atoms with van der Waals surface area (Å²) < 4.78 is 61.5. The number of fused-ring (bicyclic) bond motifs is 1. The van der Waals surface area contributed by atoms with Gasteiger partial charge in [-0.15, -0.1) is 0 Å². The molecule has 0 saturated carbocycles. The average molecular weight is 689 g/mol. The number of nitrogens with two attached hydrogens (primary N) is 2. The van der Waals surface area contributed by atoms with Crippen molar-refractivity contribution in [2.75, 3.05) is 24.7 Å². The lowest BCUT2D eigenvalue weighted by Gasteiger charge is -2.25. The van der Waals surface area contributed by atoms with Crippen LogP contribution in [-0.4, -0.2) is 76.5 Å². The van der Waals surface area contributed by atoms with Gasteiger partial charge in [-0.05, 0) is 38.2 Å². The molecule has 8 atom stereocenters. The quantitative estimate of drug-likeness (QED) is 0.187. The second kappa shape index (κ2) is 13.7. The third-order valence-corrected chi connectivity index (χ3v) is 9.77. The normalized spacial score (nSPS) is 27.8. The van der Waals surface area contributed by atoms with Crippen molar-refractivity contribution >= 4 is 38.4 Å². The summed E-state index contributed by atoms with van der Waals surface area (Å²) in [6.45, 7) is 6.22. The summed E-state index contributed by atoms with van der Waals surface area (Å²) in [5.74, 6) is 0.258. The zero-order valence-corrected chi connectivity index (χ0v) is 27.3. The molecule has 2 fully saturated rings. The van der Waals surface area contributed by atoms with E-state index in [2.05, 4.69) is 19.9 Å². The third-order valence-electron chi connectivity index (χ3n) is 7.60. The molecule has 3 aromatic heterocycles. The van der Waals surface area contributed by atoms with E-state index in [-0.39, 0.29) is 36.5 Å². The van der Waals surface area contributed by atoms with E-state index < -0.39 is 64.8 Å². The van der Waals surface area contributed by atoms with E-state index in [1.165, 1.54) is 18.6 Å². The molecule has 0 radical (unpaired) electrons. The van der Waals surface area contributed by atoms with Gasteiger partial charge in [0.15, 0.2) is 11.5 Å². The van der Waals surface area contributed by atoms with Crippen LogP contribution in [0, 0.1) is 11.8 Å². The molecule has 0 aromatic carbocycles. The minimum absolute atomic E-state index is 0.0121. The second-order valence-corrected chi connectivity index (χ2v) is 14.4. The van der Waals surface area contributed by atoms with Crippen LogP contribution in [0.4, 0.5) is 11.6 Å². The standard InChI is InChI=1S/C25H38N8O11P2/c1-13(2)15-7-20(33-12-30-22-23(27)28-11-29-24(22)33)41-17(15)9-39-46(37,38)44-16-8-21(32-6-5-19(26)31-25(32)34)42-18(16)10-40-45(35,36)43-14(3)4/h5-6,11-18,20-21H,7-10H2,1-4H3,(H,35,36)(H,37,38)(H2,26,31,34)(H2,27,28,29)/t15-,16-,17-,18-,20-,21-/m1/s1. The average Bonchev–Trinajstić information content (AvgIpc) is 3.67. The van der Waals surface area contributed by atoms with E-state index in [0.29, 0.717) is 17.6 Å². The number of ether oxygens (including phenoxy) is 2. The van der Waals surface area contributed by atoms with Gasteiger partial charge < -0.3 is 30.7 Å². The summed E-state index contributed by atoms with van der Waals surface area (Å²) in [4.78, 5) is 49.5. The zero-order chi connectivity index (χ0) is 33.4. The van der Waals surface area contributed by atoms with Gasteiger partial charge in [0.25, 0.3) is 0 Å². The van der Waals surface area contributed by atoms with Crippen LogP contribution < -0.4 is 17.2 Å². The number of hydrogen-bond donors (Lipinski definition) is 4. The summed E-state index contributed by atoms with van der Waals surface area (Å²) in [6, 6.07) is 1.37. The van der Waals surface area contributed by atoms with Gasteiger partial charge in [0.2, 0.25) is 0 Å². The summed E-state index contributed by atoms with van der Waals surface area (Å²) in [6.07, 6.45) is -0.540. The summed E-state index contributed by atoms with van der Waals surface area (Å²) in [5, 5.41) is 0. The van der Waals surface area contributed by atoms with Gasteiger partial charge in [-0.3, -0.25) is 27.2 Å². The predicted molar refractivity (Wildman–Crippen MR) is 161 cm³/mol. The number of nitrogen functional groups attached to an aromatic ring is 2. The largest absolute Gasteiger partial charge is 0.472 e. The molecule has 19 nitrogen and oxygen atoms in total. The van der Waals surface area contributed by atoms with Crippen molar-refractivity contribution in [1.29, 1.82) is 0 Å². The van der Waals surface area contributed by atoms with Gasteiger partial charge in [0, 0.05) is 12.6 Å². The van der Waals surface area contributed by atoms with Crippen LogP contribution in [0.2, 0.25) is 0 Å². The van der Waals surface area contributed by atoms with Crippen LogP contribution in [0.5, 0.6) is 0 Å². The van der Waals surface area contributed by atoms with E-state index in [0.717, 1.165) is 4.57 Å². The van der Waals surface area contributed by atoms with E-state index >= 15 is 0 Å². The Morgan fingerprint density at radius 1 is 0.978 bits per heavy atom. The SMILES string of the molecule is CC(C)OP(=O)(O)OC[C@H]1O[C@@H](n2ccc(N)nc2=O)C[C@H]1OP(=O)(O)OC[C@H]1O[C@@H](n2cnc3c(N)ncnc32)C[C@@H]1C(C)C. The molecule has 0 spiro atoms. The first-order chi connectivity index (χ1) is 21.6. The molecule has 2 aliphatic heterocycles. The van der Waals surface area contributed by atoms with Crippen LogP contribution in [0.1, 0.15) is 53.0 Å². The number of nitrogens with zero attached hydrogens (tertiary/aromatic N) is 6. The van der Waals surface area contributed by atoms with Crippen molar-refractivity contribution in [1.82, 2.24) is 29.1 Å². The lowest BCUT2D eigenvalue weighted by Crippen LogP contribution is -2.30.